The number of hydrogen-bond donors (Lipinski definition) is 0. The van der Waals surface area contributed by atoms with Gasteiger partial charge in [-0.05, 0) is 29.4 Å². The average Bonchev–Trinajstić information content (AvgIpc) is 3.53. The van der Waals surface area contributed by atoms with E-state index < -0.39 is 0 Å². The molecule has 4 bridgehead atoms. The third-order valence-corrected chi connectivity index (χ3v) is 10.0. The Labute approximate surface area is 249 Å². The van der Waals surface area contributed by atoms with Crippen molar-refractivity contribution >= 4 is 3.81 Å². The van der Waals surface area contributed by atoms with Crippen molar-refractivity contribution < 1.29 is 44.8 Å². The molecule has 4 saturated carbocycles. The van der Waals surface area contributed by atoms with Crippen LogP contribution in [0.25, 0.3) is 11.1 Å². The molecule has 0 radical (unpaired) electrons. The molecule has 0 amide bonds. The first kappa shape index (κ1) is 30.6. The van der Waals surface area contributed by atoms with Crippen molar-refractivity contribution in [3.63, 3.8) is 0 Å². The second-order valence-corrected chi connectivity index (χ2v) is 12.9. The van der Waals surface area contributed by atoms with Crippen molar-refractivity contribution in [1.29, 1.82) is 0 Å². The number of hydrogen-bond acceptors (Lipinski definition) is 0. The van der Waals surface area contributed by atoms with E-state index >= 15 is 0 Å². The van der Waals surface area contributed by atoms with E-state index in [9.17, 15) is 0 Å². The number of allylic oxidation sites excluding steroid dienone is 4. The molecule has 0 saturated heterocycles. The van der Waals surface area contributed by atoms with Gasteiger partial charge in [0.15, 0.2) is 0 Å². The fraction of sp³-hybridized carbons (Fsp3) is 0.500. The summed E-state index contributed by atoms with van der Waals surface area (Å²) in [6, 6.07) is 15.1. The van der Waals surface area contributed by atoms with Crippen molar-refractivity contribution in [3.05, 3.63) is 83.0 Å². The summed E-state index contributed by atoms with van der Waals surface area (Å²) in [6.07, 6.45) is 18.8. The SMILES string of the molecule is CC(C)c1[c-]c2c(cc1)-c1ccc(C(C)C)cc1C2.[C-]1=CC=CC1.[Cl-].[Cl-].[Ti+2]=[C]1C2CC3CC(C2)CC1C3. The molecule has 3 heteroatoms. The summed E-state index contributed by atoms with van der Waals surface area (Å²) >= 11 is 2.42. The van der Waals surface area contributed by atoms with Crippen LogP contribution in [-0.2, 0) is 26.4 Å². The standard InChI is InChI=1S/C19H21.C10H14.C5H5.2ClH.Ti/c1-12(2)14-5-7-18-16(9-14)11-17-10-15(13(3)4)6-8-19(17)18;1-7-2-9-4-8(1)5-10(3-7)6-9;1-2-4-5-3-1;;;/h5-9,12-13H,11H2,1-4H3;7-10H,1-5H2;1-3H,4H2;2*1H;/q-1;;-1;;;+2/p-2. The van der Waals surface area contributed by atoms with Crippen LogP contribution < -0.4 is 24.8 Å². The molecule has 0 N–H and O–H groups in total. The molecule has 2 aromatic rings. The second-order valence-electron chi connectivity index (χ2n) is 12.0. The number of benzene rings is 2. The fourth-order valence-corrected chi connectivity index (χ4v) is 7.63. The molecule has 37 heavy (non-hydrogen) atoms. The number of halogens is 2. The van der Waals surface area contributed by atoms with Gasteiger partial charge in [-0.2, -0.15) is 29.8 Å². The van der Waals surface area contributed by atoms with Crippen LogP contribution in [0.2, 0.25) is 0 Å². The molecule has 6 aliphatic rings. The molecule has 196 valence electrons. The summed E-state index contributed by atoms with van der Waals surface area (Å²) < 4.78 is 1.87. The van der Waals surface area contributed by atoms with Gasteiger partial charge < -0.3 is 24.8 Å². The average molecular weight is 567 g/mol. The molecule has 0 atom stereocenters. The summed E-state index contributed by atoms with van der Waals surface area (Å²) in [5.41, 5.74) is 8.41. The molecule has 2 aromatic carbocycles. The van der Waals surface area contributed by atoms with E-state index in [0.29, 0.717) is 11.8 Å². The summed E-state index contributed by atoms with van der Waals surface area (Å²) in [5, 5.41) is 0. The Kier molecular flexibility index (Phi) is 11.1. The normalized spacial score (nSPS) is 25.0. The van der Waals surface area contributed by atoms with E-state index in [0.717, 1.165) is 36.5 Å². The molecular formula is C34H40Cl2Ti-2. The van der Waals surface area contributed by atoms with E-state index in [1.807, 2.05) is 16.0 Å². The first-order valence-electron chi connectivity index (χ1n) is 13.9. The van der Waals surface area contributed by atoms with Crippen LogP contribution in [0.4, 0.5) is 0 Å². The van der Waals surface area contributed by atoms with Crippen molar-refractivity contribution in [3.8, 4) is 11.1 Å². The van der Waals surface area contributed by atoms with Crippen LogP contribution in [0.5, 0.6) is 0 Å². The van der Waals surface area contributed by atoms with Gasteiger partial charge in [-0.15, -0.1) is 17.5 Å². The molecular weight excluding hydrogens is 527 g/mol. The molecule has 0 aromatic heterocycles. The Morgan fingerprint density at radius 1 is 0.811 bits per heavy atom. The minimum atomic E-state index is 0. The van der Waals surface area contributed by atoms with Gasteiger partial charge in [0.1, 0.15) is 0 Å². The van der Waals surface area contributed by atoms with E-state index in [4.69, 9.17) is 0 Å². The quantitative estimate of drug-likeness (QED) is 0.330. The van der Waals surface area contributed by atoms with Crippen molar-refractivity contribution in [1.82, 2.24) is 0 Å². The van der Waals surface area contributed by atoms with Crippen LogP contribution in [0, 0.1) is 35.8 Å². The van der Waals surface area contributed by atoms with Crippen molar-refractivity contribution in [2.24, 2.45) is 23.7 Å². The Hall–Kier alpha value is -0.916. The Morgan fingerprint density at radius 2 is 1.46 bits per heavy atom. The zero-order chi connectivity index (χ0) is 24.5. The van der Waals surface area contributed by atoms with E-state index in [-0.39, 0.29) is 24.8 Å². The summed E-state index contributed by atoms with van der Waals surface area (Å²) in [5.74, 6) is 5.56. The topological polar surface area (TPSA) is 0 Å². The third-order valence-electron chi connectivity index (χ3n) is 8.73. The van der Waals surface area contributed by atoms with Gasteiger partial charge in [-0.25, -0.2) is 12.2 Å². The maximum atomic E-state index is 3.62. The molecule has 4 fully saturated rings. The van der Waals surface area contributed by atoms with Gasteiger partial charge in [-0.1, -0.05) is 51.5 Å². The predicted octanol–water partition coefficient (Wildman–Crippen LogP) is 2.78. The number of fused-ring (bicyclic) bond motifs is 3. The first-order chi connectivity index (χ1) is 16.9. The van der Waals surface area contributed by atoms with Gasteiger partial charge in [0.2, 0.25) is 0 Å². The predicted molar refractivity (Wildman–Crippen MR) is 145 cm³/mol. The van der Waals surface area contributed by atoms with Gasteiger partial charge in [0.05, 0.1) is 0 Å². The Balaban J connectivity index is 0.000000178. The summed E-state index contributed by atoms with van der Waals surface area (Å²) in [6.45, 7) is 8.98. The Morgan fingerprint density at radius 3 is 1.97 bits per heavy atom. The van der Waals surface area contributed by atoms with E-state index in [1.54, 1.807) is 32.1 Å². The number of rotatable bonds is 2. The van der Waals surface area contributed by atoms with Crippen LogP contribution in [0.1, 0.15) is 100 Å². The second kappa shape index (κ2) is 13.4. The van der Waals surface area contributed by atoms with Crippen molar-refractivity contribution in [2.75, 3.05) is 0 Å². The molecule has 0 nitrogen and oxygen atoms in total. The first-order valence-corrected chi connectivity index (χ1v) is 14.7. The molecule has 0 aliphatic heterocycles. The minimum absolute atomic E-state index is 0. The molecule has 8 rings (SSSR count). The zero-order valence-corrected chi connectivity index (χ0v) is 25.9. The van der Waals surface area contributed by atoms with Crippen LogP contribution in [0.15, 0.2) is 48.6 Å². The van der Waals surface area contributed by atoms with Gasteiger partial charge >= 0.3 is 79.6 Å². The van der Waals surface area contributed by atoms with Gasteiger partial charge in [0, 0.05) is 0 Å². The van der Waals surface area contributed by atoms with Crippen molar-refractivity contribution in [2.45, 2.75) is 84.5 Å². The molecule has 6 aliphatic carbocycles. The van der Waals surface area contributed by atoms with Crippen LogP contribution in [-0.4, -0.2) is 3.81 Å². The van der Waals surface area contributed by atoms with Gasteiger partial charge in [-0.3, -0.25) is 6.08 Å². The monoisotopic (exact) mass is 566 g/mol. The van der Waals surface area contributed by atoms with E-state index in [2.05, 4.69) is 96.2 Å². The zero-order valence-electron chi connectivity index (χ0n) is 22.8. The van der Waals surface area contributed by atoms with E-state index in [1.165, 1.54) is 33.4 Å². The Bertz CT molecular complexity index is 1040. The van der Waals surface area contributed by atoms with Crippen LogP contribution >= 0.6 is 0 Å². The maximum absolute atomic E-state index is 3.62. The van der Waals surface area contributed by atoms with Gasteiger partial charge in [0.25, 0.3) is 0 Å². The molecule has 0 unspecified atom stereocenters. The molecule has 0 spiro atoms. The fourth-order valence-electron chi connectivity index (χ4n) is 6.89. The summed E-state index contributed by atoms with van der Waals surface area (Å²) in [7, 11) is 0. The van der Waals surface area contributed by atoms with Crippen LogP contribution in [0.3, 0.4) is 0 Å². The molecule has 0 heterocycles. The third kappa shape index (κ3) is 7.00. The summed E-state index contributed by atoms with van der Waals surface area (Å²) in [4.78, 5) is 0.